The summed E-state index contributed by atoms with van der Waals surface area (Å²) >= 11 is 0. The molecule has 4 N–H and O–H groups in total. The zero-order valence-electron chi connectivity index (χ0n) is 11.5. The second kappa shape index (κ2) is 6.63. The molecular formula is C13H20N4O2. The standard InChI is InChI=1S/C13H20N4O2/c1-9(18)15-6-7-16-12-8-10(14)4-5-11(12)13(19)17(2)3/h4-5,8,16H,6-7,14H2,1-3H3,(H,15,18). The molecule has 6 heteroatoms. The van der Waals surface area contributed by atoms with E-state index in [1.807, 2.05) is 0 Å². The Hall–Kier alpha value is -2.24. The molecule has 0 unspecified atom stereocenters. The number of nitrogens with zero attached hydrogens (tertiary/aromatic N) is 1. The van der Waals surface area contributed by atoms with Crippen molar-refractivity contribution in [1.29, 1.82) is 0 Å². The lowest BCUT2D eigenvalue weighted by molar-refractivity contribution is -0.118. The van der Waals surface area contributed by atoms with E-state index in [0.717, 1.165) is 0 Å². The minimum absolute atomic E-state index is 0.0843. The van der Waals surface area contributed by atoms with Gasteiger partial charge >= 0.3 is 0 Å². The highest BCUT2D eigenvalue weighted by Crippen LogP contribution is 2.20. The lowest BCUT2D eigenvalue weighted by Gasteiger charge is -2.16. The van der Waals surface area contributed by atoms with Gasteiger partial charge in [0.1, 0.15) is 0 Å². The number of benzene rings is 1. The Bertz CT molecular complexity index is 472. The van der Waals surface area contributed by atoms with E-state index in [1.54, 1.807) is 32.3 Å². The van der Waals surface area contributed by atoms with Crippen molar-refractivity contribution in [3.63, 3.8) is 0 Å². The number of hydrogen-bond acceptors (Lipinski definition) is 4. The number of nitrogen functional groups attached to an aromatic ring is 1. The van der Waals surface area contributed by atoms with E-state index in [1.165, 1.54) is 11.8 Å². The smallest absolute Gasteiger partial charge is 0.255 e. The van der Waals surface area contributed by atoms with E-state index in [9.17, 15) is 9.59 Å². The Morgan fingerprint density at radius 1 is 1.26 bits per heavy atom. The van der Waals surface area contributed by atoms with Crippen molar-refractivity contribution in [2.24, 2.45) is 0 Å². The van der Waals surface area contributed by atoms with Gasteiger partial charge in [-0.2, -0.15) is 0 Å². The molecule has 19 heavy (non-hydrogen) atoms. The first-order valence-corrected chi connectivity index (χ1v) is 6.01. The average Bonchev–Trinajstić information content (AvgIpc) is 2.33. The van der Waals surface area contributed by atoms with Gasteiger partial charge in [-0.25, -0.2) is 0 Å². The van der Waals surface area contributed by atoms with Gasteiger partial charge < -0.3 is 21.3 Å². The minimum atomic E-state index is -0.0953. The number of anilines is 2. The van der Waals surface area contributed by atoms with E-state index >= 15 is 0 Å². The van der Waals surface area contributed by atoms with Crippen LogP contribution < -0.4 is 16.4 Å². The summed E-state index contributed by atoms with van der Waals surface area (Å²) in [4.78, 5) is 24.3. The highest BCUT2D eigenvalue weighted by Gasteiger charge is 2.13. The Labute approximate surface area is 113 Å². The summed E-state index contributed by atoms with van der Waals surface area (Å²) in [6, 6.07) is 5.10. The van der Waals surface area contributed by atoms with Crippen LogP contribution in [0.1, 0.15) is 17.3 Å². The molecule has 0 fully saturated rings. The van der Waals surface area contributed by atoms with Gasteiger partial charge in [-0.3, -0.25) is 9.59 Å². The molecule has 0 saturated carbocycles. The Balaban J connectivity index is 2.77. The van der Waals surface area contributed by atoms with Gasteiger partial charge in [0.25, 0.3) is 5.91 Å². The fourth-order valence-electron chi connectivity index (χ4n) is 1.57. The summed E-state index contributed by atoms with van der Waals surface area (Å²) in [5.74, 6) is -0.180. The summed E-state index contributed by atoms with van der Waals surface area (Å²) in [5.41, 5.74) is 7.53. The fraction of sp³-hybridized carbons (Fsp3) is 0.385. The third-order valence-electron chi connectivity index (χ3n) is 2.49. The number of nitrogens with one attached hydrogen (secondary N) is 2. The zero-order chi connectivity index (χ0) is 14.4. The summed E-state index contributed by atoms with van der Waals surface area (Å²) in [5, 5.41) is 5.78. The molecule has 6 nitrogen and oxygen atoms in total. The molecule has 2 amide bonds. The predicted octanol–water partition coefficient (Wildman–Crippen LogP) is 0.519. The van der Waals surface area contributed by atoms with Crippen molar-refractivity contribution in [2.75, 3.05) is 38.2 Å². The van der Waals surface area contributed by atoms with Gasteiger partial charge in [0.15, 0.2) is 0 Å². The second-order valence-corrected chi connectivity index (χ2v) is 4.41. The summed E-state index contributed by atoms with van der Waals surface area (Å²) in [7, 11) is 3.39. The van der Waals surface area contributed by atoms with Gasteiger partial charge in [-0.05, 0) is 18.2 Å². The van der Waals surface area contributed by atoms with Gasteiger partial charge in [-0.1, -0.05) is 0 Å². The van der Waals surface area contributed by atoms with Crippen LogP contribution >= 0.6 is 0 Å². The lowest BCUT2D eigenvalue weighted by Crippen LogP contribution is -2.27. The molecule has 1 aromatic rings. The van der Waals surface area contributed by atoms with Crippen molar-refractivity contribution in [3.05, 3.63) is 23.8 Å². The van der Waals surface area contributed by atoms with Crippen molar-refractivity contribution in [1.82, 2.24) is 10.2 Å². The molecule has 1 rings (SSSR count). The summed E-state index contributed by atoms with van der Waals surface area (Å²) in [6.45, 7) is 2.47. The van der Waals surface area contributed by atoms with Crippen LogP contribution in [0.15, 0.2) is 18.2 Å². The number of carbonyl (C=O) groups excluding carboxylic acids is 2. The largest absolute Gasteiger partial charge is 0.399 e. The van der Waals surface area contributed by atoms with Crippen LogP contribution in [0.2, 0.25) is 0 Å². The van der Waals surface area contributed by atoms with E-state index in [2.05, 4.69) is 10.6 Å². The third kappa shape index (κ3) is 4.50. The molecule has 0 bridgehead atoms. The number of nitrogens with two attached hydrogens (primary N) is 1. The van der Waals surface area contributed by atoms with Crippen LogP contribution in [0.3, 0.4) is 0 Å². The number of rotatable bonds is 5. The van der Waals surface area contributed by atoms with E-state index in [-0.39, 0.29) is 11.8 Å². The van der Waals surface area contributed by atoms with Crippen LogP contribution in [-0.2, 0) is 4.79 Å². The van der Waals surface area contributed by atoms with E-state index < -0.39 is 0 Å². The van der Waals surface area contributed by atoms with Gasteiger partial charge in [0, 0.05) is 45.5 Å². The van der Waals surface area contributed by atoms with Crippen LogP contribution in [0.5, 0.6) is 0 Å². The number of hydrogen-bond donors (Lipinski definition) is 3. The molecule has 0 heterocycles. The van der Waals surface area contributed by atoms with E-state index in [0.29, 0.717) is 30.0 Å². The SMILES string of the molecule is CC(=O)NCCNc1cc(N)ccc1C(=O)N(C)C. The van der Waals surface area contributed by atoms with Gasteiger partial charge in [0.05, 0.1) is 5.56 Å². The number of carbonyl (C=O) groups is 2. The molecule has 0 aliphatic heterocycles. The van der Waals surface area contributed by atoms with Crippen molar-refractivity contribution < 1.29 is 9.59 Å². The molecule has 0 atom stereocenters. The van der Waals surface area contributed by atoms with Gasteiger partial charge in [-0.15, -0.1) is 0 Å². The summed E-state index contributed by atoms with van der Waals surface area (Å²) < 4.78 is 0. The maximum absolute atomic E-state index is 12.0. The first-order chi connectivity index (χ1) is 8.91. The minimum Gasteiger partial charge on any atom is -0.399 e. The fourth-order valence-corrected chi connectivity index (χ4v) is 1.57. The zero-order valence-corrected chi connectivity index (χ0v) is 11.5. The van der Waals surface area contributed by atoms with Crippen molar-refractivity contribution in [3.8, 4) is 0 Å². The number of amides is 2. The highest BCUT2D eigenvalue weighted by atomic mass is 16.2. The molecule has 104 valence electrons. The topological polar surface area (TPSA) is 87.5 Å². The molecule has 0 aliphatic carbocycles. The maximum Gasteiger partial charge on any atom is 0.255 e. The Morgan fingerprint density at radius 2 is 1.95 bits per heavy atom. The predicted molar refractivity (Wildman–Crippen MR) is 76.0 cm³/mol. The molecule has 0 aliphatic rings. The average molecular weight is 264 g/mol. The highest BCUT2D eigenvalue weighted by molar-refractivity contribution is 6.00. The lowest BCUT2D eigenvalue weighted by atomic mass is 10.1. The molecule has 0 radical (unpaired) electrons. The van der Waals surface area contributed by atoms with E-state index in [4.69, 9.17) is 5.73 Å². The first-order valence-electron chi connectivity index (χ1n) is 6.01. The molecule has 1 aromatic carbocycles. The van der Waals surface area contributed by atoms with Crippen LogP contribution in [0.25, 0.3) is 0 Å². The molecule has 0 saturated heterocycles. The Morgan fingerprint density at radius 3 is 2.53 bits per heavy atom. The van der Waals surface area contributed by atoms with Crippen LogP contribution in [0, 0.1) is 0 Å². The van der Waals surface area contributed by atoms with Crippen LogP contribution in [-0.4, -0.2) is 43.9 Å². The quantitative estimate of drug-likeness (QED) is 0.534. The van der Waals surface area contributed by atoms with Crippen LogP contribution in [0.4, 0.5) is 11.4 Å². The molecular weight excluding hydrogens is 244 g/mol. The van der Waals surface area contributed by atoms with Gasteiger partial charge in [0.2, 0.25) is 5.91 Å². The maximum atomic E-state index is 12.0. The molecule has 0 spiro atoms. The first kappa shape index (κ1) is 14.8. The van der Waals surface area contributed by atoms with Crippen molar-refractivity contribution in [2.45, 2.75) is 6.92 Å². The molecule has 0 aromatic heterocycles. The Kier molecular flexibility index (Phi) is 5.17. The third-order valence-corrected chi connectivity index (χ3v) is 2.49. The van der Waals surface area contributed by atoms with Crippen molar-refractivity contribution >= 4 is 23.2 Å². The normalized spacial score (nSPS) is 9.84. The summed E-state index contributed by atoms with van der Waals surface area (Å²) in [6.07, 6.45) is 0. The second-order valence-electron chi connectivity index (χ2n) is 4.41. The monoisotopic (exact) mass is 264 g/mol.